The lowest BCUT2D eigenvalue weighted by Crippen LogP contribution is -2.42. The second-order valence-electron chi connectivity index (χ2n) is 5.87. The molecule has 0 saturated heterocycles. The molecular formula is C15H19N3O2S. The molecule has 3 rings (SSSR count). The van der Waals surface area contributed by atoms with Crippen LogP contribution < -0.4 is 10.7 Å². The molecule has 2 aliphatic rings. The van der Waals surface area contributed by atoms with Crippen LogP contribution in [0.3, 0.4) is 0 Å². The fourth-order valence-electron chi connectivity index (χ4n) is 3.42. The Morgan fingerprint density at radius 1 is 1.29 bits per heavy atom. The molecule has 1 aromatic carbocycles. The summed E-state index contributed by atoms with van der Waals surface area (Å²) >= 11 is 5.24. The Kier molecular flexibility index (Phi) is 3.96. The molecule has 0 aromatic heterocycles. The predicted octanol–water partition coefficient (Wildman–Crippen LogP) is 2.08. The minimum absolute atomic E-state index is 0.0195. The molecule has 0 amide bonds. The van der Waals surface area contributed by atoms with Gasteiger partial charge >= 0.3 is 0 Å². The lowest BCUT2D eigenvalue weighted by molar-refractivity contribution is 0.389. The van der Waals surface area contributed by atoms with Crippen LogP contribution in [0, 0.1) is 11.8 Å². The molecule has 2 saturated carbocycles. The fourth-order valence-corrected chi connectivity index (χ4v) is 3.63. The normalized spacial score (nSPS) is 27.1. The van der Waals surface area contributed by atoms with Gasteiger partial charge in [0.1, 0.15) is 11.5 Å². The van der Waals surface area contributed by atoms with Crippen LogP contribution in [0.2, 0.25) is 0 Å². The van der Waals surface area contributed by atoms with Crippen molar-refractivity contribution in [2.75, 3.05) is 0 Å². The van der Waals surface area contributed by atoms with Crippen molar-refractivity contribution in [1.29, 1.82) is 0 Å². The van der Waals surface area contributed by atoms with Crippen molar-refractivity contribution in [3.63, 3.8) is 0 Å². The van der Waals surface area contributed by atoms with Gasteiger partial charge < -0.3 is 15.5 Å². The molecule has 0 spiro atoms. The summed E-state index contributed by atoms with van der Waals surface area (Å²) in [6.45, 7) is 0. The number of hydrazone groups is 1. The largest absolute Gasteiger partial charge is 0.508 e. The molecule has 2 fully saturated rings. The van der Waals surface area contributed by atoms with Crippen molar-refractivity contribution in [2.45, 2.75) is 31.7 Å². The number of phenolic OH excluding ortho intramolecular Hbond substituents is 2. The Morgan fingerprint density at radius 3 is 2.81 bits per heavy atom. The number of aromatic hydroxyl groups is 2. The van der Waals surface area contributed by atoms with Crippen molar-refractivity contribution in [3.05, 3.63) is 23.8 Å². The summed E-state index contributed by atoms with van der Waals surface area (Å²) in [6.07, 6.45) is 6.67. The van der Waals surface area contributed by atoms with Gasteiger partial charge in [0.25, 0.3) is 0 Å². The van der Waals surface area contributed by atoms with Gasteiger partial charge in [-0.15, -0.1) is 0 Å². The third-order valence-electron chi connectivity index (χ3n) is 4.44. The zero-order chi connectivity index (χ0) is 14.8. The number of rotatable bonds is 3. The van der Waals surface area contributed by atoms with E-state index < -0.39 is 0 Å². The van der Waals surface area contributed by atoms with Crippen LogP contribution in [0.5, 0.6) is 11.5 Å². The molecule has 3 unspecified atom stereocenters. The van der Waals surface area contributed by atoms with Gasteiger partial charge in [0.15, 0.2) is 5.11 Å². The van der Waals surface area contributed by atoms with Crippen LogP contribution in [0.1, 0.15) is 31.2 Å². The Balaban J connectivity index is 1.50. The lowest BCUT2D eigenvalue weighted by Gasteiger charge is -2.23. The van der Waals surface area contributed by atoms with Crippen molar-refractivity contribution in [1.82, 2.24) is 10.7 Å². The van der Waals surface area contributed by atoms with Crippen LogP contribution in [0.4, 0.5) is 0 Å². The molecule has 112 valence electrons. The number of nitrogens with zero attached hydrogens (tertiary/aromatic N) is 1. The average Bonchev–Trinajstić information content (AvgIpc) is 3.03. The van der Waals surface area contributed by atoms with E-state index in [1.807, 2.05) is 0 Å². The van der Waals surface area contributed by atoms with Crippen LogP contribution >= 0.6 is 12.2 Å². The number of benzene rings is 1. The Morgan fingerprint density at radius 2 is 2.14 bits per heavy atom. The molecule has 6 heteroatoms. The highest BCUT2D eigenvalue weighted by Crippen LogP contribution is 2.44. The van der Waals surface area contributed by atoms with E-state index in [2.05, 4.69) is 15.8 Å². The molecular weight excluding hydrogens is 286 g/mol. The summed E-state index contributed by atoms with van der Waals surface area (Å²) in [5.74, 6) is 1.62. The average molecular weight is 305 g/mol. The van der Waals surface area contributed by atoms with E-state index in [-0.39, 0.29) is 11.5 Å². The number of fused-ring (bicyclic) bond motifs is 2. The Labute approximate surface area is 129 Å². The zero-order valence-electron chi connectivity index (χ0n) is 11.6. The van der Waals surface area contributed by atoms with Gasteiger partial charge in [0, 0.05) is 17.7 Å². The second kappa shape index (κ2) is 5.89. The summed E-state index contributed by atoms with van der Waals surface area (Å²) in [5.41, 5.74) is 3.29. The van der Waals surface area contributed by atoms with Crippen molar-refractivity contribution in [3.8, 4) is 11.5 Å². The van der Waals surface area contributed by atoms with Crippen LogP contribution in [0.25, 0.3) is 0 Å². The van der Waals surface area contributed by atoms with Crippen molar-refractivity contribution >= 4 is 23.5 Å². The van der Waals surface area contributed by atoms with Crippen molar-refractivity contribution in [2.24, 2.45) is 16.9 Å². The molecule has 0 aliphatic heterocycles. The second-order valence-corrected chi connectivity index (χ2v) is 6.28. The summed E-state index contributed by atoms with van der Waals surface area (Å²) in [6, 6.07) is 4.82. The molecule has 5 nitrogen and oxygen atoms in total. The van der Waals surface area contributed by atoms with E-state index in [9.17, 15) is 10.2 Å². The minimum Gasteiger partial charge on any atom is -0.508 e. The van der Waals surface area contributed by atoms with Gasteiger partial charge in [0.05, 0.1) is 6.21 Å². The first-order chi connectivity index (χ1) is 10.1. The molecule has 1 aromatic rings. The van der Waals surface area contributed by atoms with E-state index in [0.29, 0.717) is 16.7 Å². The molecule has 21 heavy (non-hydrogen) atoms. The predicted molar refractivity (Wildman–Crippen MR) is 85.5 cm³/mol. The third kappa shape index (κ3) is 3.26. The maximum atomic E-state index is 9.63. The maximum Gasteiger partial charge on any atom is 0.187 e. The first-order valence-corrected chi connectivity index (χ1v) is 7.64. The van der Waals surface area contributed by atoms with Crippen LogP contribution in [0.15, 0.2) is 23.3 Å². The van der Waals surface area contributed by atoms with E-state index in [0.717, 1.165) is 11.8 Å². The Bertz CT molecular complexity index is 576. The Hall–Kier alpha value is -1.82. The van der Waals surface area contributed by atoms with E-state index >= 15 is 0 Å². The fraction of sp³-hybridized carbons (Fsp3) is 0.467. The first kappa shape index (κ1) is 14.1. The summed E-state index contributed by atoms with van der Waals surface area (Å²) < 4.78 is 0. The van der Waals surface area contributed by atoms with Crippen LogP contribution in [-0.4, -0.2) is 27.6 Å². The van der Waals surface area contributed by atoms with Crippen LogP contribution in [-0.2, 0) is 0 Å². The van der Waals surface area contributed by atoms with E-state index in [1.165, 1.54) is 44.0 Å². The SMILES string of the molecule is Oc1ccc(/C=N/NC(=S)NC2CC3CCC2C3)c(O)c1. The molecule has 3 atom stereocenters. The highest BCUT2D eigenvalue weighted by Gasteiger charge is 2.39. The molecule has 0 heterocycles. The van der Waals surface area contributed by atoms with Gasteiger partial charge in [-0.1, -0.05) is 6.42 Å². The number of hydrogen-bond donors (Lipinski definition) is 4. The molecule has 4 N–H and O–H groups in total. The number of thiocarbonyl (C=S) groups is 1. The van der Waals surface area contributed by atoms with Gasteiger partial charge in [0.2, 0.25) is 0 Å². The topological polar surface area (TPSA) is 76.9 Å². The van der Waals surface area contributed by atoms with E-state index in [1.54, 1.807) is 6.07 Å². The smallest absolute Gasteiger partial charge is 0.187 e. The van der Waals surface area contributed by atoms with E-state index in [4.69, 9.17) is 12.2 Å². The highest BCUT2D eigenvalue weighted by atomic mass is 32.1. The van der Waals surface area contributed by atoms with Gasteiger partial charge in [-0.2, -0.15) is 5.10 Å². The zero-order valence-corrected chi connectivity index (χ0v) is 12.4. The minimum atomic E-state index is -0.0208. The number of phenols is 2. The first-order valence-electron chi connectivity index (χ1n) is 7.23. The molecule has 2 aliphatic carbocycles. The summed E-state index contributed by atoms with van der Waals surface area (Å²) in [7, 11) is 0. The maximum absolute atomic E-state index is 9.63. The third-order valence-corrected chi connectivity index (χ3v) is 4.65. The summed E-state index contributed by atoms with van der Waals surface area (Å²) in [4.78, 5) is 0. The van der Waals surface area contributed by atoms with Gasteiger partial charge in [-0.25, -0.2) is 0 Å². The standard InChI is InChI=1S/C15H19N3O2S/c19-12-4-3-11(14(20)7-12)8-16-18-15(21)17-13-6-9-1-2-10(13)5-9/h3-4,7-10,13,19-20H,1-2,5-6H2,(H2,17,18,21)/b16-8+. The van der Waals surface area contributed by atoms with Gasteiger partial charge in [-0.05, 0) is 55.4 Å². The quantitative estimate of drug-likeness (QED) is 0.391. The number of hydrogen-bond acceptors (Lipinski definition) is 4. The lowest BCUT2D eigenvalue weighted by atomic mass is 9.96. The molecule has 0 radical (unpaired) electrons. The molecule has 2 bridgehead atoms. The van der Waals surface area contributed by atoms with Crippen molar-refractivity contribution < 1.29 is 10.2 Å². The monoisotopic (exact) mass is 305 g/mol. The number of nitrogens with one attached hydrogen (secondary N) is 2. The summed E-state index contributed by atoms with van der Waals surface area (Å²) in [5, 5.41) is 26.7. The van der Waals surface area contributed by atoms with Gasteiger partial charge in [-0.3, -0.25) is 5.43 Å². The highest BCUT2D eigenvalue weighted by molar-refractivity contribution is 7.80.